The van der Waals surface area contributed by atoms with Crippen molar-refractivity contribution in [1.82, 2.24) is 5.32 Å². The Morgan fingerprint density at radius 3 is 1.73 bits per heavy atom. The predicted molar refractivity (Wildman–Crippen MR) is 212 cm³/mol. The van der Waals surface area contributed by atoms with Crippen molar-refractivity contribution in [2.24, 2.45) is 0 Å². The molecule has 0 aromatic rings. The lowest BCUT2D eigenvalue weighted by Gasteiger charge is -2.40. The van der Waals surface area contributed by atoms with Crippen LogP contribution in [-0.2, 0) is 14.3 Å². The maximum absolute atomic E-state index is 12.9. The van der Waals surface area contributed by atoms with Crippen molar-refractivity contribution < 1.29 is 39.8 Å². The van der Waals surface area contributed by atoms with Crippen molar-refractivity contribution in [2.45, 2.75) is 217 Å². The number of aliphatic hydroxyl groups is 5. The SMILES string of the molecule is CCC/C=C\C/C=C\CCCCCCCC(=O)NC(COC1OC(CO)C(O)C(O)C1O)C(O)/C=C/CCCCCCCCCCCCCCCC. The van der Waals surface area contributed by atoms with Crippen LogP contribution in [-0.4, -0.2) is 87.5 Å². The van der Waals surface area contributed by atoms with Crippen LogP contribution in [0.25, 0.3) is 0 Å². The number of carbonyl (C=O) groups is 1. The Hall–Kier alpha value is -1.59. The Morgan fingerprint density at radius 2 is 1.17 bits per heavy atom. The molecule has 304 valence electrons. The van der Waals surface area contributed by atoms with Crippen LogP contribution in [0.1, 0.15) is 174 Å². The Labute approximate surface area is 317 Å². The first-order valence-electron chi connectivity index (χ1n) is 21.2. The van der Waals surface area contributed by atoms with E-state index in [0.29, 0.717) is 6.42 Å². The Kier molecular flexibility index (Phi) is 31.6. The van der Waals surface area contributed by atoms with E-state index < -0.39 is 49.5 Å². The number of aliphatic hydroxyl groups excluding tert-OH is 5. The maximum Gasteiger partial charge on any atom is 0.220 e. The molecular weight excluding hydrogens is 658 g/mol. The summed E-state index contributed by atoms with van der Waals surface area (Å²) in [6.45, 7) is 3.68. The fourth-order valence-electron chi connectivity index (χ4n) is 6.49. The molecule has 7 unspecified atom stereocenters. The number of carbonyl (C=O) groups excluding carboxylic acids is 1. The number of amides is 1. The molecular formula is C43H79NO8. The smallest absolute Gasteiger partial charge is 0.220 e. The third-order valence-electron chi connectivity index (χ3n) is 9.94. The van der Waals surface area contributed by atoms with Crippen molar-refractivity contribution >= 4 is 5.91 Å². The Bertz CT molecular complexity index is 910. The first-order valence-corrected chi connectivity index (χ1v) is 21.2. The number of hydrogen-bond donors (Lipinski definition) is 6. The number of nitrogens with one attached hydrogen (secondary N) is 1. The predicted octanol–water partition coefficient (Wildman–Crippen LogP) is 8.11. The first kappa shape index (κ1) is 48.4. The molecule has 1 fully saturated rings. The van der Waals surface area contributed by atoms with Gasteiger partial charge in [0.15, 0.2) is 6.29 Å². The van der Waals surface area contributed by atoms with Crippen molar-refractivity contribution in [1.29, 1.82) is 0 Å². The van der Waals surface area contributed by atoms with Crippen LogP contribution >= 0.6 is 0 Å². The van der Waals surface area contributed by atoms with E-state index in [2.05, 4.69) is 43.5 Å². The van der Waals surface area contributed by atoms with E-state index in [1.807, 2.05) is 6.08 Å². The molecule has 0 radical (unpaired) electrons. The summed E-state index contributed by atoms with van der Waals surface area (Å²) >= 11 is 0. The van der Waals surface area contributed by atoms with Crippen LogP contribution in [0.2, 0.25) is 0 Å². The lowest BCUT2D eigenvalue weighted by Crippen LogP contribution is -2.60. The standard InChI is InChI=1S/C43H79NO8/c1-3-5-7-9-11-13-15-17-18-19-21-22-24-26-28-30-32-37(46)36(35-51-43-42(50)41(49)40(48)38(34-45)52-43)44-39(47)33-31-29-27-25-23-20-16-14-12-10-8-6-4-2/h8,10,14,16,30,32,36-38,40-43,45-46,48-50H,3-7,9,11-13,15,17-29,31,33-35H2,1-2H3,(H,44,47)/b10-8-,16-14-,32-30+. The zero-order valence-electron chi connectivity index (χ0n) is 33.1. The van der Waals surface area contributed by atoms with E-state index in [0.717, 1.165) is 70.6 Å². The van der Waals surface area contributed by atoms with Gasteiger partial charge in [0, 0.05) is 6.42 Å². The highest BCUT2D eigenvalue weighted by atomic mass is 16.7. The number of hydrogen-bond acceptors (Lipinski definition) is 8. The summed E-state index contributed by atoms with van der Waals surface area (Å²) in [5.74, 6) is -0.194. The molecule has 0 spiro atoms. The van der Waals surface area contributed by atoms with Gasteiger partial charge < -0.3 is 40.3 Å². The molecule has 0 bridgehead atoms. The highest BCUT2D eigenvalue weighted by molar-refractivity contribution is 5.76. The summed E-state index contributed by atoms with van der Waals surface area (Å²) in [4.78, 5) is 12.9. The topological polar surface area (TPSA) is 149 Å². The van der Waals surface area contributed by atoms with Crippen LogP contribution in [0, 0.1) is 0 Å². The zero-order chi connectivity index (χ0) is 38.1. The lowest BCUT2D eigenvalue weighted by atomic mass is 9.99. The second-order valence-corrected chi connectivity index (χ2v) is 14.8. The summed E-state index contributed by atoms with van der Waals surface area (Å²) in [6.07, 6.45) is 33.2. The molecule has 1 rings (SSSR count). The number of ether oxygens (including phenoxy) is 2. The number of rotatable bonds is 34. The van der Waals surface area contributed by atoms with Crippen molar-refractivity contribution in [3.63, 3.8) is 0 Å². The molecule has 1 amide bonds. The summed E-state index contributed by atoms with van der Waals surface area (Å²) in [6, 6.07) is -0.809. The second-order valence-electron chi connectivity index (χ2n) is 14.8. The third-order valence-corrected chi connectivity index (χ3v) is 9.94. The van der Waals surface area contributed by atoms with Crippen LogP contribution in [0.3, 0.4) is 0 Å². The molecule has 0 aliphatic carbocycles. The highest BCUT2D eigenvalue weighted by Crippen LogP contribution is 2.22. The van der Waals surface area contributed by atoms with Gasteiger partial charge in [0.25, 0.3) is 0 Å². The van der Waals surface area contributed by atoms with E-state index in [4.69, 9.17) is 9.47 Å². The van der Waals surface area contributed by atoms with Gasteiger partial charge in [-0.15, -0.1) is 0 Å². The molecule has 9 heteroatoms. The maximum atomic E-state index is 12.9. The second kappa shape index (κ2) is 33.9. The molecule has 0 saturated carbocycles. The molecule has 1 heterocycles. The quantitative estimate of drug-likeness (QED) is 0.0287. The van der Waals surface area contributed by atoms with Crippen molar-refractivity contribution in [2.75, 3.05) is 13.2 Å². The Balaban J connectivity index is 2.42. The van der Waals surface area contributed by atoms with Crippen molar-refractivity contribution in [3.8, 4) is 0 Å². The summed E-state index contributed by atoms with van der Waals surface area (Å²) in [5.41, 5.74) is 0. The normalized spacial score (nSPS) is 22.2. The van der Waals surface area contributed by atoms with E-state index in [-0.39, 0.29) is 12.5 Å². The van der Waals surface area contributed by atoms with E-state index in [1.54, 1.807) is 6.08 Å². The van der Waals surface area contributed by atoms with Gasteiger partial charge in [-0.2, -0.15) is 0 Å². The van der Waals surface area contributed by atoms with Gasteiger partial charge in [0.05, 0.1) is 25.4 Å². The van der Waals surface area contributed by atoms with E-state index in [1.165, 1.54) is 83.5 Å². The van der Waals surface area contributed by atoms with Crippen LogP contribution in [0.4, 0.5) is 0 Å². The molecule has 1 saturated heterocycles. The average molecular weight is 738 g/mol. The lowest BCUT2D eigenvalue weighted by molar-refractivity contribution is -0.302. The number of allylic oxidation sites excluding steroid dienone is 5. The summed E-state index contributed by atoms with van der Waals surface area (Å²) in [7, 11) is 0. The fraction of sp³-hybridized carbons (Fsp3) is 0.837. The molecule has 6 N–H and O–H groups in total. The summed E-state index contributed by atoms with van der Waals surface area (Å²) < 4.78 is 11.2. The zero-order valence-corrected chi connectivity index (χ0v) is 33.1. The van der Waals surface area contributed by atoms with Crippen LogP contribution in [0.15, 0.2) is 36.5 Å². The molecule has 1 aliphatic rings. The molecule has 52 heavy (non-hydrogen) atoms. The minimum absolute atomic E-state index is 0.194. The third kappa shape index (κ3) is 24.7. The monoisotopic (exact) mass is 738 g/mol. The van der Waals surface area contributed by atoms with Gasteiger partial charge in [-0.25, -0.2) is 0 Å². The van der Waals surface area contributed by atoms with Gasteiger partial charge in [-0.05, 0) is 44.9 Å². The molecule has 9 nitrogen and oxygen atoms in total. The van der Waals surface area contributed by atoms with E-state index >= 15 is 0 Å². The first-order chi connectivity index (χ1) is 25.3. The van der Waals surface area contributed by atoms with Crippen LogP contribution < -0.4 is 5.32 Å². The van der Waals surface area contributed by atoms with E-state index in [9.17, 15) is 30.3 Å². The highest BCUT2D eigenvalue weighted by Gasteiger charge is 2.44. The minimum Gasteiger partial charge on any atom is -0.394 e. The Morgan fingerprint density at radius 1 is 0.654 bits per heavy atom. The minimum atomic E-state index is -1.57. The van der Waals surface area contributed by atoms with Gasteiger partial charge in [-0.1, -0.05) is 159 Å². The number of unbranched alkanes of at least 4 members (excludes halogenated alkanes) is 20. The van der Waals surface area contributed by atoms with Gasteiger partial charge in [-0.3, -0.25) is 4.79 Å². The van der Waals surface area contributed by atoms with Crippen molar-refractivity contribution in [3.05, 3.63) is 36.5 Å². The van der Waals surface area contributed by atoms with Crippen LogP contribution in [0.5, 0.6) is 0 Å². The van der Waals surface area contributed by atoms with Gasteiger partial charge in [0.1, 0.15) is 24.4 Å². The molecule has 0 aromatic carbocycles. The largest absolute Gasteiger partial charge is 0.394 e. The average Bonchev–Trinajstić information content (AvgIpc) is 3.14. The molecule has 0 aromatic heterocycles. The molecule has 7 atom stereocenters. The molecule has 1 aliphatic heterocycles. The summed E-state index contributed by atoms with van der Waals surface area (Å²) in [5, 5.41) is 54.0. The van der Waals surface area contributed by atoms with Gasteiger partial charge in [0.2, 0.25) is 5.91 Å². The van der Waals surface area contributed by atoms with Gasteiger partial charge >= 0.3 is 0 Å². The fourth-order valence-corrected chi connectivity index (χ4v) is 6.49.